The molecule has 1 saturated carbocycles. The van der Waals surface area contributed by atoms with Crippen LogP contribution in [0, 0.1) is 5.92 Å². The van der Waals surface area contributed by atoms with Crippen molar-refractivity contribution in [3.05, 3.63) is 29.8 Å². The van der Waals surface area contributed by atoms with Crippen molar-refractivity contribution in [2.45, 2.75) is 37.8 Å². The molecule has 1 aromatic carbocycles. The van der Waals surface area contributed by atoms with Gasteiger partial charge in [-0.1, -0.05) is 6.07 Å². The van der Waals surface area contributed by atoms with Gasteiger partial charge >= 0.3 is 0 Å². The van der Waals surface area contributed by atoms with Crippen molar-refractivity contribution in [1.29, 1.82) is 0 Å². The highest BCUT2D eigenvalue weighted by molar-refractivity contribution is 5.94. The molecule has 1 aromatic rings. The van der Waals surface area contributed by atoms with Gasteiger partial charge in [-0.25, -0.2) is 0 Å². The summed E-state index contributed by atoms with van der Waals surface area (Å²) in [4.78, 5) is 12.2. The summed E-state index contributed by atoms with van der Waals surface area (Å²) in [6.07, 6.45) is 4.68. The van der Waals surface area contributed by atoms with Gasteiger partial charge in [0.25, 0.3) is 5.91 Å². The Balaban J connectivity index is 1.49. The minimum atomic E-state index is -0.0985. The van der Waals surface area contributed by atoms with Crippen LogP contribution in [0.4, 0.5) is 0 Å². The van der Waals surface area contributed by atoms with Crippen LogP contribution in [0.5, 0.6) is 5.75 Å². The number of benzene rings is 1. The number of hydrogen-bond donors (Lipinski definition) is 2. The Kier molecular flexibility index (Phi) is 4.95. The van der Waals surface area contributed by atoms with E-state index in [9.17, 15) is 4.79 Å². The van der Waals surface area contributed by atoms with Crippen LogP contribution in [-0.2, 0) is 4.74 Å². The first-order chi connectivity index (χ1) is 10.7. The number of hydrogen-bond acceptors (Lipinski definition) is 4. The lowest BCUT2D eigenvalue weighted by atomic mass is 10.1. The van der Waals surface area contributed by atoms with Crippen molar-refractivity contribution in [1.82, 2.24) is 5.32 Å². The number of nitrogens with one attached hydrogen (secondary N) is 1. The molecule has 3 N–H and O–H groups in total. The van der Waals surface area contributed by atoms with Gasteiger partial charge in [-0.05, 0) is 49.8 Å². The summed E-state index contributed by atoms with van der Waals surface area (Å²) < 4.78 is 11.3. The number of rotatable bonds is 7. The SMILES string of the molecule is NC(CNC(=O)c1cccc(OCC2CCCO2)c1)C1CC1. The molecule has 2 aliphatic rings. The van der Waals surface area contributed by atoms with Crippen LogP contribution in [0.2, 0.25) is 0 Å². The van der Waals surface area contributed by atoms with E-state index < -0.39 is 0 Å². The van der Waals surface area contributed by atoms with Crippen LogP contribution < -0.4 is 15.8 Å². The monoisotopic (exact) mass is 304 g/mol. The van der Waals surface area contributed by atoms with E-state index in [-0.39, 0.29) is 18.1 Å². The normalized spacial score (nSPS) is 22.3. The molecule has 0 bridgehead atoms. The van der Waals surface area contributed by atoms with Gasteiger partial charge in [0.1, 0.15) is 12.4 Å². The van der Waals surface area contributed by atoms with Crippen molar-refractivity contribution < 1.29 is 14.3 Å². The van der Waals surface area contributed by atoms with E-state index in [0.717, 1.165) is 19.4 Å². The fourth-order valence-electron chi connectivity index (χ4n) is 2.70. The molecule has 0 spiro atoms. The summed E-state index contributed by atoms with van der Waals surface area (Å²) in [5.41, 5.74) is 6.60. The first-order valence-electron chi connectivity index (χ1n) is 8.10. The second-order valence-electron chi connectivity index (χ2n) is 6.19. The van der Waals surface area contributed by atoms with Gasteiger partial charge in [-0.2, -0.15) is 0 Å². The molecule has 1 aliphatic heterocycles. The van der Waals surface area contributed by atoms with Gasteiger partial charge in [0.05, 0.1) is 6.10 Å². The Bertz CT molecular complexity index is 510. The maximum atomic E-state index is 12.2. The van der Waals surface area contributed by atoms with E-state index in [0.29, 0.717) is 30.4 Å². The van der Waals surface area contributed by atoms with E-state index in [1.807, 2.05) is 12.1 Å². The highest BCUT2D eigenvalue weighted by atomic mass is 16.5. The van der Waals surface area contributed by atoms with Crippen molar-refractivity contribution in [3.63, 3.8) is 0 Å². The fourth-order valence-corrected chi connectivity index (χ4v) is 2.70. The van der Waals surface area contributed by atoms with Gasteiger partial charge in [-0.15, -0.1) is 0 Å². The lowest BCUT2D eigenvalue weighted by molar-refractivity contribution is 0.0679. The average molecular weight is 304 g/mol. The van der Waals surface area contributed by atoms with Gasteiger partial charge in [0.15, 0.2) is 0 Å². The van der Waals surface area contributed by atoms with E-state index in [1.165, 1.54) is 12.8 Å². The number of nitrogens with two attached hydrogens (primary N) is 1. The van der Waals surface area contributed by atoms with Gasteiger partial charge < -0.3 is 20.5 Å². The molecule has 120 valence electrons. The van der Waals surface area contributed by atoms with Crippen molar-refractivity contribution in [2.75, 3.05) is 19.8 Å². The van der Waals surface area contributed by atoms with Gasteiger partial charge in [0, 0.05) is 24.8 Å². The quantitative estimate of drug-likeness (QED) is 0.804. The molecular weight excluding hydrogens is 280 g/mol. The zero-order valence-electron chi connectivity index (χ0n) is 12.8. The molecule has 0 aromatic heterocycles. The summed E-state index contributed by atoms with van der Waals surface area (Å²) in [6.45, 7) is 1.89. The summed E-state index contributed by atoms with van der Waals surface area (Å²) in [6, 6.07) is 7.33. The number of amides is 1. The lowest BCUT2D eigenvalue weighted by Crippen LogP contribution is -2.38. The van der Waals surface area contributed by atoms with E-state index in [1.54, 1.807) is 12.1 Å². The Hall–Kier alpha value is -1.59. The Morgan fingerprint density at radius 1 is 1.41 bits per heavy atom. The third-order valence-electron chi connectivity index (χ3n) is 4.28. The molecule has 5 heteroatoms. The van der Waals surface area contributed by atoms with Crippen LogP contribution in [-0.4, -0.2) is 37.8 Å². The summed E-state index contributed by atoms with van der Waals surface area (Å²) in [7, 11) is 0. The summed E-state index contributed by atoms with van der Waals surface area (Å²) in [5, 5.41) is 2.90. The zero-order chi connectivity index (χ0) is 15.4. The maximum Gasteiger partial charge on any atom is 0.251 e. The van der Waals surface area contributed by atoms with E-state index >= 15 is 0 Å². The predicted octanol–water partition coefficient (Wildman–Crippen LogP) is 1.71. The van der Waals surface area contributed by atoms with Crippen LogP contribution >= 0.6 is 0 Å². The molecule has 1 saturated heterocycles. The molecule has 2 fully saturated rings. The number of carbonyl (C=O) groups is 1. The second-order valence-corrected chi connectivity index (χ2v) is 6.19. The molecule has 1 amide bonds. The van der Waals surface area contributed by atoms with Crippen molar-refractivity contribution >= 4 is 5.91 Å². The molecule has 5 nitrogen and oxygen atoms in total. The molecule has 0 radical (unpaired) electrons. The number of carbonyl (C=O) groups excluding carboxylic acids is 1. The number of ether oxygens (including phenoxy) is 2. The third-order valence-corrected chi connectivity index (χ3v) is 4.28. The minimum Gasteiger partial charge on any atom is -0.491 e. The van der Waals surface area contributed by atoms with Gasteiger partial charge in [0.2, 0.25) is 0 Å². The molecule has 2 atom stereocenters. The molecule has 1 aliphatic carbocycles. The average Bonchev–Trinajstić information content (AvgIpc) is 3.27. The van der Waals surface area contributed by atoms with Crippen LogP contribution in [0.25, 0.3) is 0 Å². The van der Waals surface area contributed by atoms with Crippen LogP contribution in [0.3, 0.4) is 0 Å². The first-order valence-corrected chi connectivity index (χ1v) is 8.10. The van der Waals surface area contributed by atoms with E-state index in [4.69, 9.17) is 15.2 Å². The highest BCUT2D eigenvalue weighted by Crippen LogP contribution is 2.31. The molecule has 3 rings (SSSR count). The summed E-state index contributed by atoms with van der Waals surface area (Å²) in [5.74, 6) is 1.19. The third kappa shape index (κ3) is 4.21. The smallest absolute Gasteiger partial charge is 0.251 e. The molecular formula is C17H24N2O3. The zero-order valence-corrected chi connectivity index (χ0v) is 12.8. The fraction of sp³-hybridized carbons (Fsp3) is 0.588. The second kappa shape index (κ2) is 7.11. The standard InChI is InChI=1S/C17H24N2O3/c18-16(12-6-7-12)10-19-17(20)13-3-1-4-14(9-13)22-11-15-5-2-8-21-15/h1,3-4,9,12,15-16H,2,5-8,10-11,18H2,(H,19,20). The minimum absolute atomic E-state index is 0.0721. The topological polar surface area (TPSA) is 73.6 Å². The van der Waals surface area contributed by atoms with Crippen molar-refractivity contribution in [2.24, 2.45) is 11.7 Å². The molecule has 2 unspecified atom stereocenters. The van der Waals surface area contributed by atoms with Crippen molar-refractivity contribution in [3.8, 4) is 5.75 Å². The Labute approximate surface area is 131 Å². The first kappa shape index (κ1) is 15.3. The van der Waals surface area contributed by atoms with Crippen LogP contribution in [0.15, 0.2) is 24.3 Å². The molecule has 22 heavy (non-hydrogen) atoms. The largest absolute Gasteiger partial charge is 0.491 e. The summed E-state index contributed by atoms with van der Waals surface area (Å²) >= 11 is 0. The Morgan fingerprint density at radius 3 is 3.00 bits per heavy atom. The van der Waals surface area contributed by atoms with Crippen LogP contribution in [0.1, 0.15) is 36.0 Å². The van der Waals surface area contributed by atoms with E-state index in [2.05, 4.69) is 5.32 Å². The lowest BCUT2D eigenvalue weighted by Gasteiger charge is -2.13. The molecule has 1 heterocycles. The maximum absolute atomic E-state index is 12.2. The van der Waals surface area contributed by atoms with Gasteiger partial charge in [-0.3, -0.25) is 4.79 Å². The predicted molar refractivity (Wildman–Crippen MR) is 83.9 cm³/mol. The highest BCUT2D eigenvalue weighted by Gasteiger charge is 2.28. The Morgan fingerprint density at radius 2 is 2.27 bits per heavy atom.